The third-order valence-corrected chi connectivity index (χ3v) is 4.84. The fourth-order valence-corrected chi connectivity index (χ4v) is 3.46. The number of benzene rings is 1. The van der Waals surface area contributed by atoms with Crippen molar-refractivity contribution in [3.63, 3.8) is 0 Å². The van der Waals surface area contributed by atoms with Gasteiger partial charge in [-0.05, 0) is 42.8 Å². The maximum Gasteiger partial charge on any atom is 0.111 e. The summed E-state index contributed by atoms with van der Waals surface area (Å²) in [5.74, 6) is 1.08. The molecule has 2 N–H and O–H groups in total. The smallest absolute Gasteiger partial charge is 0.111 e. The first kappa shape index (κ1) is 14.3. The molecule has 1 atom stereocenters. The van der Waals surface area contributed by atoms with Gasteiger partial charge in [0.2, 0.25) is 0 Å². The first-order valence-corrected chi connectivity index (χ1v) is 8.30. The predicted molar refractivity (Wildman–Crippen MR) is 89.7 cm³/mol. The fourth-order valence-electron chi connectivity index (χ4n) is 2.71. The Labute approximate surface area is 129 Å². The quantitative estimate of drug-likeness (QED) is 0.756. The fraction of sp³-hybridized carbons (Fsp3) is 0.353. The van der Waals surface area contributed by atoms with E-state index in [2.05, 4.69) is 47.3 Å². The molecule has 0 aliphatic rings. The van der Waals surface area contributed by atoms with Crippen molar-refractivity contribution in [2.24, 2.45) is 12.8 Å². The molecule has 0 fully saturated rings. The van der Waals surface area contributed by atoms with Gasteiger partial charge >= 0.3 is 0 Å². The van der Waals surface area contributed by atoms with Gasteiger partial charge in [-0.25, -0.2) is 4.98 Å². The van der Waals surface area contributed by atoms with Gasteiger partial charge in [-0.15, -0.1) is 11.3 Å². The number of imidazole rings is 1. The van der Waals surface area contributed by atoms with Gasteiger partial charge in [0.1, 0.15) is 5.82 Å². The summed E-state index contributed by atoms with van der Waals surface area (Å²) >= 11 is 1.83. The molecule has 1 unspecified atom stereocenters. The van der Waals surface area contributed by atoms with Crippen LogP contribution in [-0.4, -0.2) is 15.6 Å². The van der Waals surface area contributed by atoms with E-state index < -0.39 is 0 Å². The van der Waals surface area contributed by atoms with Gasteiger partial charge in [-0.1, -0.05) is 18.2 Å². The number of aryl methyl sites for hydroxylation is 2. The van der Waals surface area contributed by atoms with E-state index in [9.17, 15) is 0 Å². The molecule has 4 heteroatoms. The zero-order chi connectivity index (χ0) is 14.7. The van der Waals surface area contributed by atoms with Crippen molar-refractivity contribution in [2.75, 3.05) is 0 Å². The Kier molecular flexibility index (Phi) is 4.36. The van der Waals surface area contributed by atoms with E-state index >= 15 is 0 Å². The van der Waals surface area contributed by atoms with Gasteiger partial charge in [-0.2, -0.15) is 0 Å². The Morgan fingerprint density at radius 2 is 2.10 bits per heavy atom. The number of aromatic nitrogens is 2. The highest BCUT2D eigenvalue weighted by molar-refractivity contribution is 7.09. The summed E-state index contributed by atoms with van der Waals surface area (Å²) in [4.78, 5) is 6.14. The number of para-hydroxylation sites is 2. The lowest BCUT2D eigenvalue weighted by Gasteiger charge is -2.11. The van der Waals surface area contributed by atoms with Crippen molar-refractivity contribution in [1.29, 1.82) is 0 Å². The third-order valence-electron chi connectivity index (χ3n) is 3.90. The van der Waals surface area contributed by atoms with Crippen molar-refractivity contribution in [3.05, 3.63) is 52.5 Å². The minimum atomic E-state index is 0.181. The molecule has 1 aromatic carbocycles. The van der Waals surface area contributed by atoms with Crippen LogP contribution in [0.1, 0.15) is 23.5 Å². The molecule has 2 heterocycles. The van der Waals surface area contributed by atoms with Crippen molar-refractivity contribution < 1.29 is 0 Å². The van der Waals surface area contributed by atoms with E-state index in [4.69, 9.17) is 10.7 Å². The van der Waals surface area contributed by atoms with E-state index in [1.54, 1.807) is 0 Å². The second-order valence-electron chi connectivity index (χ2n) is 5.51. The minimum Gasteiger partial charge on any atom is -0.331 e. The molecule has 3 aromatic rings. The Morgan fingerprint density at radius 1 is 1.24 bits per heavy atom. The van der Waals surface area contributed by atoms with Crippen molar-refractivity contribution >= 4 is 22.4 Å². The van der Waals surface area contributed by atoms with E-state index in [-0.39, 0.29) is 6.04 Å². The number of thiophene rings is 1. The molecule has 0 bridgehead atoms. The van der Waals surface area contributed by atoms with Gasteiger partial charge < -0.3 is 10.3 Å². The molecule has 0 aliphatic carbocycles. The topological polar surface area (TPSA) is 43.8 Å². The Morgan fingerprint density at radius 3 is 2.86 bits per heavy atom. The molecule has 0 saturated heterocycles. The second kappa shape index (κ2) is 6.41. The minimum absolute atomic E-state index is 0.181. The lowest BCUT2D eigenvalue weighted by Crippen LogP contribution is -2.24. The van der Waals surface area contributed by atoms with E-state index in [0.717, 1.165) is 37.0 Å². The summed E-state index contributed by atoms with van der Waals surface area (Å²) < 4.78 is 2.16. The van der Waals surface area contributed by atoms with Crippen molar-refractivity contribution in [2.45, 2.75) is 31.7 Å². The normalized spacial score (nSPS) is 12.9. The number of nitrogens with zero attached hydrogens (tertiary/aromatic N) is 2. The monoisotopic (exact) mass is 299 g/mol. The van der Waals surface area contributed by atoms with E-state index in [1.807, 2.05) is 17.4 Å². The molecule has 3 nitrogen and oxygen atoms in total. The van der Waals surface area contributed by atoms with Crippen molar-refractivity contribution in [1.82, 2.24) is 9.55 Å². The lowest BCUT2D eigenvalue weighted by molar-refractivity contribution is 0.561. The molecule has 0 saturated carbocycles. The summed E-state index contributed by atoms with van der Waals surface area (Å²) in [6.07, 6.45) is 4.16. The van der Waals surface area contributed by atoms with Crippen LogP contribution in [0.2, 0.25) is 0 Å². The summed E-state index contributed by atoms with van der Waals surface area (Å²) in [5.41, 5.74) is 8.52. The number of fused-ring (bicyclic) bond motifs is 1. The summed E-state index contributed by atoms with van der Waals surface area (Å²) in [6, 6.07) is 12.7. The first-order valence-electron chi connectivity index (χ1n) is 7.42. The van der Waals surface area contributed by atoms with Crippen LogP contribution in [0.15, 0.2) is 41.8 Å². The summed E-state index contributed by atoms with van der Waals surface area (Å²) in [7, 11) is 2.07. The van der Waals surface area contributed by atoms with Gasteiger partial charge in [0.25, 0.3) is 0 Å². The molecule has 3 rings (SSSR count). The molecule has 0 amide bonds. The average Bonchev–Trinajstić information content (AvgIpc) is 3.09. The van der Waals surface area contributed by atoms with Gasteiger partial charge in [-0.3, -0.25) is 0 Å². The van der Waals surface area contributed by atoms with Gasteiger partial charge in [0.15, 0.2) is 0 Å². The van der Waals surface area contributed by atoms with Crippen LogP contribution in [0.5, 0.6) is 0 Å². The molecule has 0 radical (unpaired) electrons. The molecule has 0 aliphatic heterocycles. The largest absolute Gasteiger partial charge is 0.331 e. The van der Waals surface area contributed by atoms with Crippen LogP contribution in [0.25, 0.3) is 11.0 Å². The average molecular weight is 299 g/mol. The van der Waals surface area contributed by atoms with Crippen LogP contribution in [0.4, 0.5) is 0 Å². The molecule has 110 valence electrons. The number of hydrogen-bond acceptors (Lipinski definition) is 3. The maximum atomic E-state index is 6.29. The van der Waals surface area contributed by atoms with Crippen LogP contribution in [0, 0.1) is 0 Å². The third kappa shape index (κ3) is 3.34. The highest BCUT2D eigenvalue weighted by atomic mass is 32.1. The lowest BCUT2D eigenvalue weighted by atomic mass is 10.1. The standard InChI is InChI=1S/C17H21N3S/c1-20-16-10-3-2-9-15(16)19-17(20)12-13(18)6-4-7-14-8-5-11-21-14/h2-3,5,8-11,13H,4,6-7,12,18H2,1H3. The van der Waals surface area contributed by atoms with Crippen LogP contribution in [0.3, 0.4) is 0 Å². The zero-order valence-electron chi connectivity index (χ0n) is 12.3. The molecule has 2 aromatic heterocycles. The summed E-state index contributed by atoms with van der Waals surface area (Å²) in [5, 5.41) is 2.13. The Balaban J connectivity index is 1.58. The van der Waals surface area contributed by atoms with E-state index in [0.29, 0.717) is 0 Å². The molecule has 21 heavy (non-hydrogen) atoms. The SMILES string of the molecule is Cn1c(CC(N)CCCc2cccs2)nc2ccccc21. The Bertz CT molecular complexity index is 700. The Hall–Kier alpha value is -1.65. The van der Waals surface area contributed by atoms with Gasteiger partial charge in [0, 0.05) is 24.4 Å². The van der Waals surface area contributed by atoms with E-state index in [1.165, 1.54) is 10.4 Å². The van der Waals surface area contributed by atoms with Crippen molar-refractivity contribution in [3.8, 4) is 0 Å². The number of nitrogens with two attached hydrogens (primary N) is 1. The summed E-state index contributed by atoms with van der Waals surface area (Å²) in [6.45, 7) is 0. The molecule has 0 spiro atoms. The first-order chi connectivity index (χ1) is 10.2. The molecular weight excluding hydrogens is 278 g/mol. The number of hydrogen-bond donors (Lipinski definition) is 1. The van der Waals surface area contributed by atoms with Crippen LogP contribution < -0.4 is 5.73 Å². The van der Waals surface area contributed by atoms with Crippen LogP contribution in [-0.2, 0) is 19.9 Å². The number of rotatable bonds is 6. The highest BCUT2D eigenvalue weighted by Gasteiger charge is 2.11. The second-order valence-corrected chi connectivity index (χ2v) is 6.54. The van der Waals surface area contributed by atoms with Crippen LogP contribution >= 0.6 is 11.3 Å². The maximum absolute atomic E-state index is 6.29. The molecular formula is C17H21N3S. The van der Waals surface area contributed by atoms with Gasteiger partial charge in [0.05, 0.1) is 11.0 Å². The zero-order valence-corrected chi connectivity index (χ0v) is 13.1. The highest BCUT2D eigenvalue weighted by Crippen LogP contribution is 2.17. The predicted octanol–water partition coefficient (Wildman–Crippen LogP) is 3.53.